The minimum absolute atomic E-state index is 0.0425. The Balaban J connectivity index is 1.07. The molecule has 10 rings (SSSR count). The number of hydrogen-bond acceptors (Lipinski definition) is 1. The van der Waals surface area contributed by atoms with Crippen LogP contribution in [0.25, 0.3) is 55.6 Å². The zero-order valence-corrected chi connectivity index (χ0v) is 35.3. The summed E-state index contributed by atoms with van der Waals surface area (Å²) in [7, 11) is 0. The second-order valence-electron chi connectivity index (χ2n) is 18.6. The summed E-state index contributed by atoms with van der Waals surface area (Å²) in [5.41, 5.74) is 23.1. The highest BCUT2D eigenvalue weighted by Crippen LogP contribution is 2.53. The molecule has 0 spiro atoms. The zero-order chi connectivity index (χ0) is 40.7. The van der Waals surface area contributed by atoms with Crippen molar-refractivity contribution in [1.29, 1.82) is 0 Å². The van der Waals surface area contributed by atoms with Crippen LogP contribution in [0, 0.1) is 0 Å². The molecule has 1 heteroatoms. The summed E-state index contributed by atoms with van der Waals surface area (Å²) in [4.78, 5) is 2.43. The lowest BCUT2D eigenvalue weighted by Gasteiger charge is -2.29. The Morgan fingerprint density at radius 3 is 1.46 bits per heavy atom. The first-order valence-electron chi connectivity index (χ1n) is 21.1. The number of nitrogens with zero attached hydrogens (tertiary/aromatic N) is 1. The van der Waals surface area contributed by atoms with Crippen LogP contribution in [0.1, 0.15) is 76.3 Å². The van der Waals surface area contributed by atoms with E-state index in [1.54, 1.807) is 0 Å². The molecule has 0 saturated heterocycles. The van der Waals surface area contributed by atoms with Crippen LogP contribution in [-0.2, 0) is 16.2 Å². The van der Waals surface area contributed by atoms with Gasteiger partial charge in [0, 0.05) is 27.8 Å². The SMILES string of the molecule is CC(C)(C)c1ccc(-c2ccccc2N(c2ccc(-c3ccc4c(c3)C(C)(C)c3ccccc3-4)cc2)c2ccc(-c3cccc4c3C(C)(C)c3ccccc3-4)cc2)cc1. The fourth-order valence-electron chi connectivity index (χ4n) is 10.1. The minimum Gasteiger partial charge on any atom is -0.310 e. The Morgan fingerprint density at radius 2 is 0.814 bits per heavy atom. The summed E-state index contributed by atoms with van der Waals surface area (Å²) in [6.45, 7) is 16.3. The Morgan fingerprint density at radius 1 is 0.356 bits per heavy atom. The van der Waals surface area contributed by atoms with Crippen molar-refractivity contribution in [2.45, 2.75) is 64.7 Å². The second kappa shape index (κ2) is 13.6. The van der Waals surface area contributed by atoms with Crippen molar-refractivity contribution in [3.8, 4) is 55.6 Å². The van der Waals surface area contributed by atoms with Crippen molar-refractivity contribution in [1.82, 2.24) is 0 Å². The van der Waals surface area contributed by atoms with Gasteiger partial charge in [0.2, 0.25) is 0 Å². The van der Waals surface area contributed by atoms with E-state index in [1.165, 1.54) is 83.5 Å². The average Bonchev–Trinajstić information content (AvgIpc) is 3.64. The number of para-hydroxylation sites is 1. The zero-order valence-electron chi connectivity index (χ0n) is 35.3. The van der Waals surface area contributed by atoms with Gasteiger partial charge in [-0.2, -0.15) is 0 Å². The monoisotopic (exact) mass is 761 g/mol. The fraction of sp³-hybridized carbons (Fsp3) is 0.172. The maximum Gasteiger partial charge on any atom is 0.0540 e. The third kappa shape index (κ3) is 5.98. The van der Waals surface area contributed by atoms with Crippen LogP contribution >= 0.6 is 0 Å². The molecule has 0 aromatic heterocycles. The molecule has 2 aliphatic rings. The first kappa shape index (κ1) is 36.9. The average molecular weight is 762 g/mol. The molecular formula is C58H51N. The van der Waals surface area contributed by atoms with Crippen LogP contribution < -0.4 is 4.90 Å². The van der Waals surface area contributed by atoms with Crippen LogP contribution in [0.5, 0.6) is 0 Å². The van der Waals surface area contributed by atoms with Gasteiger partial charge in [-0.25, -0.2) is 0 Å². The second-order valence-corrected chi connectivity index (χ2v) is 18.6. The standard InChI is InChI=1S/C58H51N/c1-56(2,3)42-30-23-39(24-31-42)45-15-10-13-22-54(45)59(43-32-25-38(26-33-43)41-29-36-49-47-16-8-11-20-51(47)57(4,5)53(49)37-41)44-34-27-40(28-35-44)46-18-14-19-50-48-17-9-12-21-52(48)58(6,7)55(46)50/h8-37H,1-7H3. The lowest BCUT2D eigenvalue weighted by atomic mass is 9.79. The van der Waals surface area contributed by atoms with Crippen molar-refractivity contribution in [2.75, 3.05) is 4.90 Å². The predicted octanol–water partition coefficient (Wildman–Crippen LogP) is 16.1. The van der Waals surface area contributed by atoms with E-state index in [2.05, 4.69) is 235 Å². The number of fused-ring (bicyclic) bond motifs is 6. The van der Waals surface area contributed by atoms with E-state index >= 15 is 0 Å². The summed E-state index contributed by atoms with van der Waals surface area (Å²) in [6.07, 6.45) is 0. The van der Waals surface area contributed by atoms with Crippen molar-refractivity contribution in [3.63, 3.8) is 0 Å². The molecule has 0 atom stereocenters. The molecule has 0 bridgehead atoms. The van der Waals surface area contributed by atoms with Crippen LogP contribution in [0.4, 0.5) is 17.1 Å². The van der Waals surface area contributed by atoms with Crippen LogP contribution in [0.2, 0.25) is 0 Å². The van der Waals surface area contributed by atoms with Gasteiger partial charge >= 0.3 is 0 Å². The molecule has 0 fully saturated rings. The molecular weight excluding hydrogens is 711 g/mol. The van der Waals surface area contributed by atoms with Gasteiger partial charge < -0.3 is 4.90 Å². The van der Waals surface area contributed by atoms with E-state index < -0.39 is 0 Å². The molecule has 8 aromatic carbocycles. The Labute approximate surface area is 350 Å². The van der Waals surface area contributed by atoms with E-state index in [-0.39, 0.29) is 16.2 Å². The topological polar surface area (TPSA) is 3.24 Å². The smallest absolute Gasteiger partial charge is 0.0540 e. The molecule has 1 nitrogen and oxygen atoms in total. The molecule has 0 saturated carbocycles. The molecule has 288 valence electrons. The number of anilines is 3. The van der Waals surface area contributed by atoms with Crippen LogP contribution in [-0.4, -0.2) is 0 Å². The highest BCUT2D eigenvalue weighted by molar-refractivity contribution is 5.91. The number of benzene rings is 8. The Hall–Kier alpha value is -6.44. The van der Waals surface area contributed by atoms with E-state index in [9.17, 15) is 0 Å². The van der Waals surface area contributed by atoms with Crippen molar-refractivity contribution in [3.05, 3.63) is 210 Å². The summed E-state index contributed by atoms with van der Waals surface area (Å²) >= 11 is 0. The van der Waals surface area contributed by atoms with Gasteiger partial charge in [0.25, 0.3) is 0 Å². The van der Waals surface area contributed by atoms with Crippen molar-refractivity contribution >= 4 is 17.1 Å². The third-order valence-electron chi connectivity index (χ3n) is 13.3. The quantitative estimate of drug-likeness (QED) is 0.163. The normalized spacial score (nSPS) is 14.3. The number of hydrogen-bond donors (Lipinski definition) is 0. The van der Waals surface area contributed by atoms with Crippen LogP contribution in [0.15, 0.2) is 182 Å². The highest BCUT2D eigenvalue weighted by Gasteiger charge is 2.38. The van der Waals surface area contributed by atoms with E-state index in [0.717, 1.165) is 17.1 Å². The van der Waals surface area contributed by atoms with Gasteiger partial charge in [0.1, 0.15) is 0 Å². The molecule has 2 aliphatic carbocycles. The van der Waals surface area contributed by atoms with Crippen molar-refractivity contribution < 1.29 is 0 Å². The van der Waals surface area contributed by atoms with Crippen molar-refractivity contribution in [2.24, 2.45) is 0 Å². The van der Waals surface area contributed by atoms with E-state index in [4.69, 9.17) is 0 Å². The molecule has 59 heavy (non-hydrogen) atoms. The predicted molar refractivity (Wildman–Crippen MR) is 251 cm³/mol. The van der Waals surface area contributed by atoms with Gasteiger partial charge in [0.05, 0.1) is 5.69 Å². The molecule has 0 heterocycles. The fourth-order valence-corrected chi connectivity index (χ4v) is 10.1. The summed E-state index contributed by atoms with van der Waals surface area (Å²) in [5.74, 6) is 0. The molecule has 0 radical (unpaired) electrons. The van der Waals surface area contributed by atoms with Gasteiger partial charge in [-0.3, -0.25) is 0 Å². The Kier molecular flexibility index (Phi) is 8.48. The van der Waals surface area contributed by atoms with E-state index in [1.807, 2.05) is 0 Å². The third-order valence-corrected chi connectivity index (χ3v) is 13.3. The maximum atomic E-state index is 2.43. The maximum absolute atomic E-state index is 2.43. The highest BCUT2D eigenvalue weighted by atomic mass is 15.1. The van der Waals surface area contributed by atoms with Gasteiger partial charge in [0.15, 0.2) is 0 Å². The summed E-state index contributed by atoms with van der Waals surface area (Å²) in [5, 5.41) is 0. The lowest BCUT2D eigenvalue weighted by molar-refractivity contribution is 0.590. The molecule has 0 aliphatic heterocycles. The largest absolute Gasteiger partial charge is 0.310 e. The number of rotatable bonds is 6. The van der Waals surface area contributed by atoms with Crippen LogP contribution in [0.3, 0.4) is 0 Å². The molecule has 0 amide bonds. The minimum atomic E-state index is -0.0883. The van der Waals surface area contributed by atoms with E-state index in [0.29, 0.717) is 0 Å². The first-order valence-corrected chi connectivity index (χ1v) is 21.1. The molecule has 0 unspecified atom stereocenters. The summed E-state index contributed by atoms with van der Waals surface area (Å²) < 4.78 is 0. The first-order chi connectivity index (χ1) is 28.4. The van der Waals surface area contributed by atoms with Gasteiger partial charge in [-0.15, -0.1) is 0 Å². The molecule has 8 aromatic rings. The summed E-state index contributed by atoms with van der Waals surface area (Å²) in [6, 6.07) is 68.0. The Bertz CT molecular complexity index is 2880. The van der Waals surface area contributed by atoms with Gasteiger partial charge in [-0.1, -0.05) is 194 Å². The van der Waals surface area contributed by atoms with Gasteiger partial charge in [-0.05, 0) is 120 Å². The molecule has 0 N–H and O–H groups in total. The lowest BCUT2D eigenvalue weighted by Crippen LogP contribution is -2.16.